The molecule has 0 spiro atoms. The Morgan fingerprint density at radius 1 is 1.22 bits per heavy atom. The minimum Gasteiger partial charge on any atom is -0.287 e. The Bertz CT molecular complexity index is 805. The Morgan fingerprint density at radius 2 is 1.87 bits per heavy atom. The van der Waals surface area contributed by atoms with Gasteiger partial charge in [0.2, 0.25) is 0 Å². The zero-order valence-electron chi connectivity index (χ0n) is 12.7. The SMILES string of the molecule is CC1(C)CN(S(=O)c2ccc([N+](=O)[O-])cc2)c2ccc(Br)cc21. The molecule has 0 bridgehead atoms. The molecule has 120 valence electrons. The molecule has 23 heavy (non-hydrogen) atoms. The van der Waals surface area contributed by atoms with Crippen molar-refractivity contribution in [2.24, 2.45) is 0 Å². The summed E-state index contributed by atoms with van der Waals surface area (Å²) in [5.41, 5.74) is 1.96. The molecule has 1 aliphatic heterocycles. The van der Waals surface area contributed by atoms with E-state index in [1.807, 2.05) is 16.4 Å². The number of anilines is 1. The van der Waals surface area contributed by atoms with Gasteiger partial charge < -0.3 is 0 Å². The summed E-state index contributed by atoms with van der Waals surface area (Å²) in [6.45, 7) is 4.86. The predicted octanol–water partition coefficient (Wildman–Crippen LogP) is 4.18. The van der Waals surface area contributed by atoms with Crippen molar-refractivity contribution in [3.8, 4) is 0 Å². The van der Waals surface area contributed by atoms with E-state index in [4.69, 9.17) is 0 Å². The molecule has 7 heteroatoms. The van der Waals surface area contributed by atoms with Crippen LogP contribution in [-0.2, 0) is 16.4 Å². The zero-order chi connectivity index (χ0) is 16.8. The van der Waals surface area contributed by atoms with Crippen LogP contribution in [0.4, 0.5) is 11.4 Å². The van der Waals surface area contributed by atoms with Crippen LogP contribution in [0, 0.1) is 10.1 Å². The summed E-state index contributed by atoms with van der Waals surface area (Å²) in [4.78, 5) is 10.8. The Kier molecular flexibility index (Phi) is 4.01. The third kappa shape index (κ3) is 2.90. The third-order valence-electron chi connectivity index (χ3n) is 3.94. The second-order valence-corrected chi connectivity index (χ2v) is 8.41. The largest absolute Gasteiger partial charge is 0.287 e. The van der Waals surface area contributed by atoms with E-state index in [1.165, 1.54) is 12.1 Å². The van der Waals surface area contributed by atoms with Gasteiger partial charge in [-0.2, -0.15) is 0 Å². The Morgan fingerprint density at radius 3 is 2.48 bits per heavy atom. The molecule has 0 saturated heterocycles. The quantitative estimate of drug-likeness (QED) is 0.579. The summed E-state index contributed by atoms with van der Waals surface area (Å²) in [5.74, 6) is 0. The monoisotopic (exact) mass is 394 g/mol. The molecule has 1 unspecified atom stereocenters. The highest BCUT2D eigenvalue weighted by atomic mass is 79.9. The molecular formula is C16H15BrN2O3S. The van der Waals surface area contributed by atoms with Gasteiger partial charge in [-0.1, -0.05) is 29.8 Å². The van der Waals surface area contributed by atoms with E-state index in [9.17, 15) is 14.3 Å². The first-order valence-electron chi connectivity index (χ1n) is 7.03. The fraction of sp³-hybridized carbons (Fsp3) is 0.250. The van der Waals surface area contributed by atoms with E-state index in [1.54, 1.807) is 12.1 Å². The predicted molar refractivity (Wildman–Crippen MR) is 94.0 cm³/mol. The second kappa shape index (κ2) is 5.72. The molecule has 0 aliphatic carbocycles. The maximum absolute atomic E-state index is 12.9. The Hall–Kier alpha value is -1.73. The highest BCUT2D eigenvalue weighted by Crippen LogP contribution is 2.43. The van der Waals surface area contributed by atoms with Crippen LogP contribution in [0.3, 0.4) is 0 Å². The highest BCUT2D eigenvalue weighted by molar-refractivity contribution is 9.10. The van der Waals surface area contributed by atoms with Crippen molar-refractivity contribution in [1.82, 2.24) is 0 Å². The molecule has 5 nitrogen and oxygen atoms in total. The maximum Gasteiger partial charge on any atom is 0.269 e. The van der Waals surface area contributed by atoms with Gasteiger partial charge in [0.25, 0.3) is 5.69 Å². The summed E-state index contributed by atoms with van der Waals surface area (Å²) < 4.78 is 15.8. The average Bonchev–Trinajstić information content (AvgIpc) is 2.78. The summed E-state index contributed by atoms with van der Waals surface area (Å²) in [6.07, 6.45) is 0. The van der Waals surface area contributed by atoms with Crippen LogP contribution in [0.5, 0.6) is 0 Å². The Balaban J connectivity index is 1.97. The van der Waals surface area contributed by atoms with Gasteiger partial charge in [-0.15, -0.1) is 0 Å². The zero-order valence-corrected chi connectivity index (χ0v) is 15.1. The smallest absolute Gasteiger partial charge is 0.269 e. The molecule has 1 atom stereocenters. The normalized spacial score (nSPS) is 16.9. The van der Waals surface area contributed by atoms with Crippen LogP contribution >= 0.6 is 15.9 Å². The number of fused-ring (bicyclic) bond motifs is 1. The topological polar surface area (TPSA) is 63.5 Å². The van der Waals surface area contributed by atoms with Gasteiger partial charge in [0.1, 0.15) is 0 Å². The molecule has 3 rings (SSSR count). The Labute approximate surface area is 145 Å². The van der Waals surface area contributed by atoms with Crippen LogP contribution in [0.2, 0.25) is 0 Å². The van der Waals surface area contributed by atoms with Crippen LogP contribution in [-0.4, -0.2) is 15.7 Å². The first kappa shape index (κ1) is 16.1. The lowest BCUT2D eigenvalue weighted by molar-refractivity contribution is -0.384. The van der Waals surface area contributed by atoms with Gasteiger partial charge in [-0.05, 0) is 35.9 Å². The summed E-state index contributed by atoms with van der Waals surface area (Å²) in [6, 6.07) is 11.8. The average molecular weight is 395 g/mol. The van der Waals surface area contributed by atoms with Gasteiger partial charge >= 0.3 is 0 Å². The first-order chi connectivity index (χ1) is 10.8. The van der Waals surface area contributed by atoms with Crippen molar-refractivity contribution < 1.29 is 9.13 Å². The number of nitro groups is 1. The molecular weight excluding hydrogens is 380 g/mol. The number of nitro benzene ring substituents is 1. The van der Waals surface area contributed by atoms with Crippen molar-refractivity contribution in [1.29, 1.82) is 0 Å². The lowest BCUT2D eigenvalue weighted by atomic mass is 9.87. The third-order valence-corrected chi connectivity index (χ3v) is 5.84. The second-order valence-electron chi connectivity index (χ2n) is 6.08. The van der Waals surface area contributed by atoms with Crippen molar-refractivity contribution in [3.63, 3.8) is 0 Å². The standard InChI is InChI=1S/C16H15BrN2O3S/c1-16(2)10-18(15-8-3-11(17)9-14(15)16)23(22)13-6-4-12(5-7-13)19(20)21/h3-9H,10H2,1-2H3. The summed E-state index contributed by atoms with van der Waals surface area (Å²) in [7, 11) is -1.40. The molecule has 1 aliphatic rings. The maximum atomic E-state index is 12.9. The molecule has 0 fully saturated rings. The first-order valence-corrected chi connectivity index (χ1v) is 8.93. The molecule has 2 aromatic rings. The van der Waals surface area contributed by atoms with Crippen molar-refractivity contribution in [2.75, 3.05) is 10.8 Å². The fourth-order valence-electron chi connectivity index (χ4n) is 2.76. The van der Waals surface area contributed by atoms with Crippen molar-refractivity contribution >= 4 is 38.3 Å². The van der Waals surface area contributed by atoms with E-state index in [2.05, 4.69) is 35.8 Å². The molecule has 0 aromatic heterocycles. The molecule has 0 N–H and O–H groups in total. The minimum atomic E-state index is -1.40. The molecule has 0 radical (unpaired) electrons. The van der Waals surface area contributed by atoms with E-state index >= 15 is 0 Å². The highest BCUT2D eigenvalue weighted by Gasteiger charge is 2.38. The van der Waals surface area contributed by atoms with Gasteiger partial charge in [-0.3, -0.25) is 14.4 Å². The number of non-ortho nitro benzene ring substituents is 1. The van der Waals surface area contributed by atoms with E-state index < -0.39 is 15.9 Å². The number of rotatable bonds is 3. The summed E-state index contributed by atoms with van der Waals surface area (Å²) >= 11 is 3.48. The molecule has 0 saturated carbocycles. The minimum absolute atomic E-state index is 0.00293. The number of nitrogens with zero attached hydrogens (tertiary/aromatic N) is 2. The van der Waals surface area contributed by atoms with E-state index in [0.717, 1.165) is 15.7 Å². The van der Waals surface area contributed by atoms with Crippen molar-refractivity contribution in [2.45, 2.75) is 24.2 Å². The van der Waals surface area contributed by atoms with Crippen molar-refractivity contribution in [3.05, 3.63) is 62.6 Å². The lowest BCUT2D eigenvalue weighted by Crippen LogP contribution is -2.30. The van der Waals surface area contributed by atoms with Gasteiger partial charge in [0.05, 0.1) is 15.5 Å². The number of benzene rings is 2. The lowest BCUT2D eigenvalue weighted by Gasteiger charge is -2.21. The molecule has 2 aromatic carbocycles. The number of hydrogen-bond donors (Lipinski definition) is 0. The molecule has 0 amide bonds. The van der Waals surface area contributed by atoms with Crippen LogP contribution in [0.1, 0.15) is 19.4 Å². The van der Waals surface area contributed by atoms with Crippen LogP contribution in [0.15, 0.2) is 51.8 Å². The molecule has 1 heterocycles. The summed E-state index contributed by atoms with van der Waals surface area (Å²) in [5, 5.41) is 10.7. The number of halogens is 1. The van der Waals surface area contributed by atoms with E-state index in [-0.39, 0.29) is 11.1 Å². The van der Waals surface area contributed by atoms with Crippen LogP contribution in [0.25, 0.3) is 0 Å². The van der Waals surface area contributed by atoms with Gasteiger partial charge in [0, 0.05) is 28.6 Å². The fourth-order valence-corrected chi connectivity index (χ4v) is 4.52. The van der Waals surface area contributed by atoms with E-state index in [0.29, 0.717) is 11.4 Å². The van der Waals surface area contributed by atoms with Gasteiger partial charge in [-0.25, -0.2) is 4.21 Å². The number of hydrogen-bond acceptors (Lipinski definition) is 3. The van der Waals surface area contributed by atoms with Crippen LogP contribution < -0.4 is 4.31 Å². The van der Waals surface area contributed by atoms with Gasteiger partial charge in [0.15, 0.2) is 11.0 Å².